The number of halogens is 1. The van der Waals surface area contributed by atoms with Crippen molar-refractivity contribution < 1.29 is 4.74 Å². The van der Waals surface area contributed by atoms with Crippen LogP contribution in [-0.4, -0.2) is 55.1 Å². The van der Waals surface area contributed by atoms with Crippen molar-refractivity contribution >= 4 is 47.5 Å². The Kier molecular flexibility index (Phi) is 9.28. The van der Waals surface area contributed by atoms with Crippen molar-refractivity contribution in [1.29, 1.82) is 0 Å². The van der Waals surface area contributed by atoms with Gasteiger partial charge in [-0.15, -0.1) is 35.7 Å². The third kappa shape index (κ3) is 6.98. The number of guanidine groups is 1. The lowest BCUT2D eigenvalue weighted by molar-refractivity contribution is 0.122. The first-order valence-corrected chi connectivity index (χ1v) is 11.6. The highest BCUT2D eigenvalue weighted by atomic mass is 127. The van der Waals surface area contributed by atoms with Crippen LogP contribution in [0.1, 0.15) is 25.3 Å². The molecule has 168 valence electrons. The van der Waals surface area contributed by atoms with Gasteiger partial charge in [0, 0.05) is 47.6 Å². The second kappa shape index (κ2) is 11.9. The molecule has 0 unspecified atom stereocenters. The third-order valence-corrected chi connectivity index (χ3v) is 6.89. The Balaban J connectivity index is 0.00000272. The summed E-state index contributed by atoms with van der Waals surface area (Å²) in [6, 6.07) is 14.8. The van der Waals surface area contributed by atoms with Gasteiger partial charge in [-0.05, 0) is 38.0 Å². The molecule has 0 atom stereocenters. The summed E-state index contributed by atoms with van der Waals surface area (Å²) in [5, 5.41) is 6.97. The van der Waals surface area contributed by atoms with Gasteiger partial charge in [0.05, 0.1) is 19.8 Å². The van der Waals surface area contributed by atoms with Crippen LogP contribution < -0.4 is 15.5 Å². The molecule has 4 rings (SSSR count). The fourth-order valence-electron chi connectivity index (χ4n) is 3.56. The van der Waals surface area contributed by atoms with Gasteiger partial charge in [0.1, 0.15) is 5.82 Å². The third-order valence-electron chi connectivity index (χ3n) is 5.39. The van der Waals surface area contributed by atoms with E-state index < -0.39 is 0 Å². The molecule has 1 aromatic carbocycles. The molecule has 31 heavy (non-hydrogen) atoms. The van der Waals surface area contributed by atoms with Crippen LogP contribution in [-0.2, 0) is 11.3 Å². The van der Waals surface area contributed by atoms with E-state index in [1.165, 1.54) is 17.7 Å². The Hall–Kier alpha value is -1.52. The molecule has 0 amide bonds. The van der Waals surface area contributed by atoms with Crippen LogP contribution >= 0.6 is 35.7 Å². The summed E-state index contributed by atoms with van der Waals surface area (Å²) in [7, 11) is 0. The summed E-state index contributed by atoms with van der Waals surface area (Å²) >= 11 is 1.98. The molecule has 1 saturated heterocycles. The minimum atomic E-state index is 0. The number of thioether (sulfide) groups is 1. The molecule has 0 radical (unpaired) electrons. The fraction of sp³-hybridized carbons (Fsp3) is 0.478. The Bertz CT molecular complexity index is 841. The highest BCUT2D eigenvalue weighted by Gasteiger charge is 2.43. The Morgan fingerprint density at radius 3 is 2.61 bits per heavy atom. The summed E-state index contributed by atoms with van der Waals surface area (Å²) in [5.74, 6) is 1.90. The number of aromatic nitrogens is 1. The number of anilines is 1. The van der Waals surface area contributed by atoms with E-state index >= 15 is 0 Å². The van der Waals surface area contributed by atoms with Gasteiger partial charge in [-0.1, -0.05) is 24.3 Å². The van der Waals surface area contributed by atoms with Crippen molar-refractivity contribution in [3.05, 3.63) is 54.2 Å². The fourth-order valence-corrected chi connectivity index (χ4v) is 4.80. The van der Waals surface area contributed by atoms with Crippen molar-refractivity contribution in [1.82, 2.24) is 15.6 Å². The number of morpholine rings is 1. The Morgan fingerprint density at radius 1 is 1.13 bits per heavy atom. The van der Waals surface area contributed by atoms with E-state index in [2.05, 4.69) is 63.8 Å². The molecule has 0 spiro atoms. The molecule has 2 heterocycles. The standard InChI is InChI=1S/C23H31N5OS.HI/c1-2-24-22(27-18-23(10-11-23)30-20-8-4-3-5-9-20)26-17-19-7-6-12-25-21(19)28-13-15-29-16-14-28;/h3-9,12H,2,10-11,13-18H2,1H3,(H2,24,26,27);1H. The monoisotopic (exact) mass is 553 g/mol. The zero-order chi connectivity index (χ0) is 20.7. The van der Waals surface area contributed by atoms with E-state index in [0.717, 1.165) is 56.7 Å². The molecule has 2 N–H and O–H groups in total. The summed E-state index contributed by atoms with van der Waals surface area (Å²) in [6.07, 6.45) is 4.34. The number of hydrogen-bond acceptors (Lipinski definition) is 5. The smallest absolute Gasteiger partial charge is 0.191 e. The van der Waals surface area contributed by atoms with Gasteiger partial charge in [-0.3, -0.25) is 0 Å². The predicted octanol–water partition coefficient (Wildman–Crippen LogP) is 3.92. The summed E-state index contributed by atoms with van der Waals surface area (Å²) in [6.45, 7) is 7.74. The molecule has 2 fully saturated rings. The van der Waals surface area contributed by atoms with Crippen LogP contribution in [0, 0.1) is 0 Å². The number of pyridine rings is 1. The van der Waals surface area contributed by atoms with Crippen LogP contribution in [0.3, 0.4) is 0 Å². The number of ether oxygens (including phenoxy) is 1. The van der Waals surface area contributed by atoms with Crippen LogP contribution in [0.15, 0.2) is 58.5 Å². The average Bonchev–Trinajstić information content (AvgIpc) is 3.56. The van der Waals surface area contributed by atoms with Crippen LogP contribution in [0.5, 0.6) is 0 Å². The molecule has 1 aromatic heterocycles. The number of nitrogens with zero attached hydrogens (tertiary/aromatic N) is 3. The van der Waals surface area contributed by atoms with Gasteiger partial charge < -0.3 is 20.3 Å². The molecular weight excluding hydrogens is 521 g/mol. The van der Waals surface area contributed by atoms with E-state index in [9.17, 15) is 0 Å². The van der Waals surface area contributed by atoms with E-state index in [1.807, 2.05) is 24.0 Å². The zero-order valence-corrected chi connectivity index (χ0v) is 21.2. The summed E-state index contributed by atoms with van der Waals surface area (Å²) in [5.41, 5.74) is 1.15. The largest absolute Gasteiger partial charge is 0.378 e. The highest BCUT2D eigenvalue weighted by Crippen LogP contribution is 2.51. The van der Waals surface area contributed by atoms with Gasteiger partial charge in [0.25, 0.3) is 0 Å². The minimum Gasteiger partial charge on any atom is -0.378 e. The second-order valence-corrected chi connectivity index (χ2v) is 9.27. The quantitative estimate of drug-likeness (QED) is 0.294. The van der Waals surface area contributed by atoms with Crippen molar-refractivity contribution in [3.8, 4) is 0 Å². The van der Waals surface area contributed by atoms with Crippen molar-refractivity contribution in [2.24, 2.45) is 4.99 Å². The number of rotatable bonds is 8. The molecule has 8 heteroatoms. The maximum absolute atomic E-state index is 5.48. The SMILES string of the molecule is CCNC(=NCc1cccnc1N1CCOCC1)NCC1(Sc2ccccc2)CC1.I. The second-order valence-electron chi connectivity index (χ2n) is 7.73. The lowest BCUT2D eigenvalue weighted by atomic mass is 10.2. The van der Waals surface area contributed by atoms with Gasteiger partial charge in [0.15, 0.2) is 5.96 Å². The minimum absolute atomic E-state index is 0. The summed E-state index contributed by atoms with van der Waals surface area (Å²) in [4.78, 5) is 13.1. The normalized spacial score (nSPS) is 17.6. The number of hydrogen-bond donors (Lipinski definition) is 2. The first kappa shape index (κ1) is 24.1. The first-order chi connectivity index (χ1) is 14.8. The van der Waals surface area contributed by atoms with E-state index in [-0.39, 0.29) is 28.7 Å². The van der Waals surface area contributed by atoms with E-state index in [4.69, 9.17) is 9.73 Å². The number of aliphatic imine (C=N–C) groups is 1. The molecule has 1 aliphatic heterocycles. The van der Waals surface area contributed by atoms with Crippen LogP contribution in [0.4, 0.5) is 5.82 Å². The molecule has 2 aromatic rings. The van der Waals surface area contributed by atoms with Crippen molar-refractivity contribution in [2.45, 2.75) is 36.0 Å². The lowest BCUT2D eigenvalue weighted by Gasteiger charge is -2.29. The van der Waals surface area contributed by atoms with E-state index in [1.54, 1.807) is 0 Å². The molecule has 0 bridgehead atoms. The van der Waals surface area contributed by atoms with Crippen LogP contribution in [0.2, 0.25) is 0 Å². The molecule has 1 saturated carbocycles. The Morgan fingerprint density at radius 2 is 1.90 bits per heavy atom. The summed E-state index contributed by atoms with van der Waals surface area (Å²) < 4.78 is 5.77. The first-order valence-electron chi connectivity index (χ1n) is 10.8. The van der Waals surface area contributed by atoms with Crippen molar-refractivity contribution in [3.63, 3.8) is 0 Å². The Labute approximate surface area is 206 Å². The number of benzene rings is 1. The highest BCUT2D eigenvalue weighted by molar-refractivity contribution is 14.0. The van der Waals surface area contributed by atoms with Gasteiger partial charge in [0.2, 0.25) is 0 Å². The van der Waals surface area contributed by atoms with Gasteiger partial charge in [-0.2, -0.15) is 0 Å². The zero-order valence-electron chi connectivity index (χ0n) is 18.0. The topological polar surface area (TPSA) is 61.8 Å². The molecule has 1 aliphatic carbocycles. The molecular formula is C23H32IN5OS. The van der Waals surface area contributed by atoms with Crippen molar-refractivity contribution in [2.75, 3.05) is 44.3 Å². The predicted molar refractivity (Wildman–Crippen MR) is 140 cm³/mol. The molecule has 6 nitrogen and oxygen atoms in total. The van der Waals surface area contributed by atoms with E-state index in [0.29, 0.717) is 6.54 Å². The molecule has 2 aliphatic rings. The van der Waals surface area contributed by atoms with Crippen LogP contribution in [0.25, 0.3) is 0 Å². The van der Waals surface area contributed by atoms with Gasteiger partial charge in [-0.25, -0.2) is 9.98 Å². The maximum atomic E-state index is 5.48. The number of nitrogens with one attached hydrogen (secondary N) is 2. The lowest BCUT2D eigenvalue weighted by Crippen LogP contribution is -2.41. The maximum Gasteiger partial charge on any atom is 0.191 e. The average molecular weight is 554 g/mol. The van der Waals surface area contributed by atoms with Gasteiger partial charge >= 0.3 is 0 Å².